The number of ether oxygens (including phenoxy) is 4. The topological polar surface area (TPSA) is 544 Å². The fourth-order valence-electron chi connectivity index (χ4n) is 11.2. The van der Waals surface area contributed by atoms with Crippen LogP contribution < -0.4 is 141 Å². The molecule has 2 aromatic carbocycles. The average Bonchev–Trinajstić information content (AvgIpc) is 1.05. The van der Waals surface area contributed by atoms with Crippen LogP contribution in [0.25, 0.3) is 0 Å². The number of nitrogen functional groups attached to an aromatic ring is 1. The van der Waals surface area contributed by atoms with Gasteiger partial charge in [0.2, 0.25) is 17.1 Å². The van der Waals surface area contributed by atoms with Crippen LogP contribution >= 0.6 is 104 Å². The first kappa shape index (κ1) is 147. The van der Waals surface area contributed by atoms with E-state index >= 15 is 0 Å². The number of carboxylic acids is 1. The molecule has 0 saturated carbocycles. The number of benzene rings is 2. The zero-order chi connectivity index (χ0) is 104. The van der Waals surface area contributed by atoms with Crippen molar-refractivity contribution in [3.8, 4) is 11.8 Å². The number of nitrogens with zero attached hydrogens (tertiary/aromatic N) is 8. The number of rotatable bonds is 43. The first-order chi connectivity index (χ1) is 63.0. The minimum atomic E-state index is -1.41. The quantitative estimate of drug-likeness (QED) is 0.00166. The molecule has 0 bridgehead atoms. The van der Waals surface area contributed by atoms with Crippen LogP contribution in [0.3, 0.4) is 0 Å². The summed E-state index contributed by atoms with van der Waals surface area (Å²) in [6, 6.07) is 16.7. The van der Waals surface area contributed by atoms with E-state index in [0.29, 0.717) is 48.3 Å². The van der Waals surface area contributed by atoms with E-state index in [4.69, 9.17) is 130 Å². The van der Waals surface area contributed by atoms with Gasteiger partial charge >= 0.3 is 105 Å². The van der Waals surface area contributed by atoms with Crippen LogP contribution in [-0.4, -0.2) is 160 Å². The number of nitriles is 1. The smallest absolute Gasteiger partial charge is 1.00 e. The van der Waals surface area contributed by atoms with Gasteiger partial charge in [-0.15, -0.1) is 0 Å². The van der Waals surface area contributed by atoms with Crippen molar-refractivity contribution >= 4 is 185 Å². The van der Waals surface area contributed by atoms with Crippen molar-refractivity contribution in [2.75, 3.05) is 80.6 Å². The zero-order valence-electron chi connectivity index (χ0n) is 84.9. The Morgan fingerprint density at radius 3 is 1.37 bits per heavy atom. The molecule has 0 fully saturated rings. The molecular formula is C91H155Cl7IKN17NaO16. The van der Waals surface area contributed by atoms with Crippen LogP contribution in [0.1, 0.15) is 289 Å². The van der Waals surface area contributed by atoms with Gasteiger partial charge in [0.1, 0.15) is 36.0 Å². The van der Waals surface area contributed by atoms with Crippen molar-refractivity contribution < 1.29 is 151 Å². The van der Waals surface area contributed by atoms with E-state index in [-0.39, 0.29) is 177 Å². The van der Waals surface area contributed by atoms with Crippen molar-refractivity contribution in [2.24, 2.45) is 56.8 Å². The van der Waals surface area contributed by atoms with Crippen LogP contribution in [0.2, 0.25) is 0 Å². The SMILES string of the molecule is CC#N.CCCCC(CC)C(=O)C(C)C(=O)OCC.CCCCC(CC)C(=O)CC(=O)OCC.CCCCC(CC)C(=O)Cl.CCCCC(CC)c1nc(N)[nH]c(=O)c1C.CCCCC(CC)c1nc(NC(=O)n2ccnc2)[nH]c(=O)c1C.CCO.CCOC(=O)CC(=O)[O-].COc1ccc(N=Nc2ccc(N(CCN)CCN)cc2)cc1.ClC(Cl)Cl.ClC(Cl)Cl.N=C(N)N.[2H]CI.[H-].[K+].[Na+]. The maximum Gasteiger partial charge on any atom is 1.00 e. The van der Waals surface area contributed by atoms with Crippen LogP contribution in [0.5, 0.6) is 5.75 Å². The molecule has 0 aliphatic rings. The number of Topliss-reactive ketones (excluding diaryl/α,β-unsaturated/α-hetero) is 2. The van der Waals surface area contributed by atoms with Gasteiger partial charge in [-0.2, -0.15) is 15.5 Å². The van der Waals surface area contributed by atoms with E-state index in [2.05, 4.69) is 110 Å². The summed E-state index contributed by atoms with van der Waals surface area (Å²) in [6.45, 7) is 38.2. The number of amides is 1. The van der Waals surface area contributed by atoms with Crippen LogP contribution in [-0.2, 0) is 47.8 Å². The number of guanidine groups is 1. The zero-order valence-corrected chi connectivity index (χ0v) is 95.5. The Labute approximate surface area is 913 Å². The number of azo groups is 1. The summed E-state index contributed by atoms with van der Waals surface area (Å²) in [5.74, 6) is -1.90. The predicted octanol–water partition coefficient (Wildman–Crippen LogP) is 14.1. The van der Waals surface area contributed by atoms with Gasteiger partial charge in [0.25, 0.3) is 11.1 Å². The third kappa shape index (κ3) is 84.8. The van der Waals surface area contributed by atoms with E-state index in [0.717, 1.165) is 176 Å². The number of unbranched alkanes of at least 4 members (excludes halogenated alkanes) is 5. The number of imidazole rings is 1. The van der Waals surface area contributed by atoms with E-state index in [1.807, 2.05) is 98.8 Å². The molecule has 3 aromatic heterocycles. The first-order valence-electron chi connectivity index (χ1n) is 44.9. The molecule has 0 spiro atoms. The van der Waals surface area contributed by atoms with Gasteiger partial charge in [-0.3, -0.25) is 63.6 Å². The number of halogens is 8. The number of hydrogen-bond donors (Lipinski definition) is 10. The number of nitrogens with two attached hydrogens (primary N) is 5. The molecule has 758 valence electrons. The normalized spacial score (nSPS) is 11.1. The number of aliphatic hydroxyl groups is 1. The minimum Gasteiger partial charge on any atom is -1.00 e. The minimum absolute atomic E-state index is 0. The van der Waals surface area contributed by atoms with E-state index in [1.54, 1.807) is 54.7 Å². The van der Waals surface area contributed by atoms with Crippen molar-refractivity contribution in [1.29, 1.82) is 10.7 Å². The molecule has 1 amide bonds. The number of carboxylic acid groups (broad SMARTS) is 1. The fourth-order valence-corrected chi connectivity index (χ4v) is 11.5. The second-order valence-electron chi connectivity index (χ2n) is 28.0. The van der Waals surface area contributed by atoms with Gasteiger partial charge in [-0.1, -0.05) is 226 Å². The Kier molecular flexibility index (Phi) is 112. The van der Waals surface area contributed by atoms with Gasteiger partial charge in [0, 0.05) is 99.9 Å². The predicted molar refractivity (Wildman–Crippen MR) is 547 cm³/mol. The molecule has 6 unspecified atom stereocenters. The summed E-state index contributed by atoms with van der Waals surface area (Å²) in [5.41, 5.74) is 31.1. The molecule has 15 N–H and O–H groups in total. The summed E-state index contributed by atoms with van der Waals surface area (Å²) in [6.07, 6.45) is 23.9. The number of ketones is 2. The molecule has 0 aliphatic heterocycles. The summed E-state index contributed by atoms with van der Waals surface area (Å²) in [5, 5.41) is 41.5. The van der Waals surface area contributed by atoms with Crippen molar-refractivity contribution in [1.82, 2.24) is 29.5 Å². The Balaban J connectivity index is -0.000000145. The largest absolute Gasteiger partial charge is 1.00 e. The van der Waals surface area contributed by atoms with Gasteiger partial charge in [-0.05, 0) is 178 Å². The van der Waals surface area contributed by atoms with Gasteiger partial charge in [0.15, 0.2) is 14.6 Å². The standard InChI is InChI=1S/C17H23N5O.C16H23N5O2.C13H24O3.C12H21N3O.C12H22O3.C8H15ClO.C5H8O4.C2H3N.C2H6O.2CHCl3.CH3I.CH5N3.K.Na.H/c1-23-17-8-4-15(5-9-17)21-20-14-2-6-16(7-3-14)22(12-10-18)13-11-19;1-4-6-7-12(5-2)13-11(3)14(22)19-15(18-13)20-16(23)21-9-8-17-10-21;1-5-8-9-11(6-2)12(14)10(4)13(15)16-7-3;1-4-6-7-9(5-2)10-8(3)11(16)15-12(13)14-10;1-4-7-8-10(5-2)11(13)9-12(14)15-6-3;1-3-5-6-7(4-2)8(9)10;1-2-9-5(8)3-4(6)7;2*1-2-3;2*2-1(3)4;1-2;2-1(3)4;;;/h2-9H,10-13,18-19H2,1H3;8-10,12H,4-7H2,1-3H3,(H2,18,19,20,22,23);10-11H,5-9H2,1-4H3;9H,4-7H2,1-3H3,(H3,13,14,15,16);10H,4-9H2,1-3H3;7H,3-6H2,1-2H3;2-3H2,1H3,(H,6,7);1H3;3H,2H2,1H3;2*1H;1H3;(H5,2,3,4);;;/q;;;;;;;;;;;;;2*+1;-1/p-1/i;;;;;;;;;;;1D;;;;. The Bertz CT molecular complexity index is 4000. The van der Waals surface area contributed by atoms with Crippen molar-refractivity contribution in [2.45, 2.75) is 286 Å². The third-order valence-electron chi connectivity index (χ3n) is 18.0. The van der Waals surface area contributed by atoms with Crippen LogP contribution in [0.4, 0.5) is 33.8 Å². The fraction of sp³-hybridized carbons (Fsp3) is 0.637. The number of nitrogens with one attached hydrogen (secondary N) is 4. The number of H-pyrrole nitrogens is 2. The number of anilines is 3. The average molecular weight is 2180 g/mol. The Morgan fingerprint density at radius 1 is 0.657 bits per heavy atom. The number of esters is 3. The Hall–Kier alpha value is -5.19. The number of aliphatic hydroxyl groups excluding tert-OH is 1. The molecule has 0 saturated heterocycles. The summed E-state index contributed by atoms with van der Waals surface area (Å²) >= 11 is 36.1. The summed E-state index contributed by atoms with van der Waals surface area (Å²) < 4.78 is 25.0. The van der Waals surface area contributed by atoms with Crippen LogP contribution in [0, 0.1) is 54.3 Å². The number of carbonyl (C=O) groups excluding carboxylic acids is 8. The molecular weight excluding hydrogens is 2020 g/mol. The molecule has 33 nitrogen and oxygen atoms in total. The molecule has 134 heavy (non-hydrogen) atoms. The summed E-state index contributed by atoms with van der Waals surface area (Å²) in [7, 11) is 1.64. The number of aromatic nitrogens is 6. The van der Waals surface area contributed by atoms with Crippen LogP contribution in [0.15, 0.2) is 87.1 Å². The number of aromatic amines is 2. The van der Waals surface area contributed by atoms with E-state index < -0.39 is 44.9 Å². The maximum atomic E-state index is 12.2. The molecule has 3 heterocycles. The molecule has 6 atom stereocenters. The van der Waals surface area contributed by atoms with Gasteiger partial charge in [-0.25, -0.2) is 19.7 Å². The number of alkyl halides is 7. The monoisotopic (exact) mass is 2180 g/mol. The number of methoxy groups -OCH3 is 1. The number of hydrogen-bond acceptors (Lipinski definition) is 27. The van der Waals surface area contributed by atoms with E-state index in [9.17, 15) is 53.1 Å². The Morgan fingerprint density at radius 2 is 1.02 bits per heavy atom. The molecule has 5 aromatic rings. The third-order valence-corrected chi connectivity index (χ3v) is 18.3. The van der Waals surface area contributed by atoms with Gasteiger partial charge < -0.3 is 68.9 Å². The second kappa shape index (κ2) is 102. The van der Waals surface area contributed by atoms with Crippen molar-refractivity contribution in [3.05, 3.63) is 110 Å². The second-order valence-corrected chi connectivity index (χ2v) is 32.3. The maximum absolute atomic E-state index is 12.2. The van der Waals surface area contributed by atoms with E-state index in [1.165, 1.54) is 30.2 Å². The van der Waals surface area contributed by atoms with Crippen molar-refractivity contribution in [3.63, 3.8) is 0 Å². The molecule has 0 radical (unpaired) electrons. The molecule has 5 rings (SSSR count). The number of aliphatic carboxylic acids is 1. The van der Waals surface area contributed by atoms with Gasteiger partial charge in [0.05, 0.1) is 68.2 Å². The molecule has 0 aliphatic carbocycles. The first-order valence-corrected chi connectivity index (χ1v) is 48.7. The molecule has 43 heteroatoms. The summed E-state index contributed by atoms with van der Waals surface area (Å²) in [4.78, 5) is 133. The number of carbonyl (C=O) groups is 8.